The van der Waals surface area contributed by atoms with E-state index >= 15 is 0 Å². The van der Waals surface area contributed by atoms with Gasteiger partial charge in [-0.1, -0.05) is 0 Å². The number of likely N-dealkylation sites (tertiary alicyclic amines) is 1. The molecule has 0 aromatic carbocycles. The van der Waals surface area contributed by atoms with Crippen LogP contribution in [0.5, 0.6) is 0 Å². The van der Waals surface area contributed by atoms with Gasteiger partial charge >= 0.3 is 6.03 Å². The van der Waals surface area contributed by atoms with Crippen LogP contribution in [0.15, 0.2) is 6.20 Å². The summed E-state index contributed by atoms with van der Waals surface area (Å²) in [5.41, 5.74) is 0.943. The summed E-state index contributed by atoms with van der Waals surface area (Å²) in [7, 11) is 1.83. The number of aromatic nitrogens is 2. The molecular formula is C13H20N4O2. The minimum Gasteiger partial charge on any atom is -0.391 e. The Morgan fingerprint density at radius 2 is 2.26 bits per heavy atom. The van der Waals surface area contributed by atoms with Crippen molar-refractivity contribution >= 4 is 11.8 Å². The fraction of sp³-hybridized carbons (Fsp3) is 0.692. The highest BCUT2D eigenvalue weighted by Gasteiger charge is 2.45. The van der Waals surface area contributed by atoms with Crippen molar-refractivity contribution in [3.05, 3.63) is 11.8 Å². The number of anilines is 1. The lowest BCUT2D eigenvalue weighted by Gasteiger charge is -2.26. The lowest BCUT2D eigenvalue weighted by molar-refractivity contribution is 0.101. The van der Waals surface area contributed by atoms with Gasteiger partial charge in [-0.2, -0.15) is 5.10 Å². The van der Waals surface area contributed by atoms with Gasteiger partial charge in [0.25, 0.3) is 0 Å². The fourth-order valence-corrected chi connectivity index (χ4v) is 3.41. The molecule has 0 unspecified atom stereocenters. The Morgan fingerprint density at radius 3 is 2.95 bits per heavy atom. The van der Waals surface area contributed by atoms with Crippen LogP contribution in [0.25, 0.3) is 0 Å². The second kappa shape index (κ2) is 4.52. The minimum absolute atomic E-state index is 0.0102. The quantitative estimate of drug-likeness (QED) is 0.798. The van der Waals surface area contributed by atoms with E-state index in [-0.39, 0.29) is 18.2 Å². The van der Waals surface area contributed by atoms with Crippen molar-refractivity contribution in [2.75, 3.05) is 11.9 Å². The molecule has 1 aliphatic heterocycles. The number of carbonyl (C=O) groups excluding carboxylic acids is 1. The molecule has 1 saturated heterocycles. The van der Waals surface area contributed by atoms with Gasteiger partial charge in [0.2, 0.25) is 0 Å². The Balaban J connectivity index is 1.72. The smallest absolute Gasteiger partial charge is 0.323 e. The van der Waals surface area contributed by atoms with Gasteiger partial charge < -0.3 is 10.0 Å². The third-order valence-electron chi connectivity index (χ3n) is 4.31. The summed E-state index contributed by atoms with van der Waals surface area (Å²) in [5.74, 6) is 1.06. The standard InChI is InChI=1S/C13H20N4O2/c1-8-7-16(2)15-12(8)14-13(19)17-6-5-9-3-4-10(18)11(9)17/h7,9-11,18H,3-6H2,1-2H3,(H,14,15,19)/t9-,10+,11+/m0/s1. The summed E-state index contributed by atoms with van der Waals surface area (Å²) in [6.45, 7) is 2.64. The molecule has 0 bridgehead atoms. The van der Waals surface area contributed by atoms with Crippen LogP contribution in [0.4, 0.5) is 10.6 Å². The van der Waals surface area contributed by atoms with Crippen molar-refractivity contribution in [1.29, 1.82) is 0 Å². The number of aliphatic hydroxyl groups is 1. The normalized spacial score (nSPS) is 29.6. The van der Waals surface area contributed by atoms with E-state index in [4.69, 9.17) is 0 Å². The molecule has 1 aromatic heterocycles. The maximum Gasteiger partial charge on any atom is 0.323 e. The number of carbonyl (C=O) groups is 1. The number of aryl methyl sites for hydroxylation is 2. The van der Waals surface area contributed by atoms with Crippen molar-refractivity contribution in [1.82, 2.24) is 14.7 Å². The molecule has 2 N–H and O–H groups in total. The number of aliphatic hydroxyl groups excluding tert-OH is 1. The lowest BCUT2D eigenvalue weighted by Crippen LogP contribution is -2.44. The van der Waals surface area contributed by atoms with Crippen LogP contribution in [0.3, 0.4) is 0 Å². The molecule has 3 atom stereocenters. The molecule has 0 radical (unpaired) electrons. The van der Waals surface area contributed by atoms with Crippen molar-refractivity contribution < 1.29 is 9.90 Å². The number of hydrogen-bond acceptors (Lipinski definition) is 3. The van der Waals surface area contributed by atoms with Gasteiger partial charge in [0.15, 0.2) is 5.82 Å². The maximum atomic E-state index is 12.3. The van der Waals surface area contributed by atoms with Crippen LogP contribution in [-0.2, 0) is 7.05 Å². The number of rotatable bonds is 1. The third kappa shape index (κ3) is 2.10. The molecule has 2 heterocycles. The summed E-state index contributed by atoms with van der Waals surface area (Å²) < 4.78 is 1.68. The Kier molecular flexibility index (Phi) is 2.97. The maximum absolute atomic E-state index is 12.3. The van der Waals surface area contributed by atoms with E-state index in [0.29, 0.717) is 11.7 Å². The number of urea groups is 1. The first-order chi connectivity index (χ1) is 9.06. The van der Waals surface area contributed by atoms with E-state index < -0.39 is 0 Å². The molecule has 6 heteroatoms. The molecule has 2 fully saturated rings. The molecule has 2 aliphatic rings. The molecule has 6 nitrogen and oxygen atoms in total. The van der Waals surface area contributed by atoms with E-state index in [0.717, 1.165) is 31.4 Å². The topological polar surface area (TPSA) is 70.4 Å². The molecule has 3 rings (SSSR count). The van der Waals surface area contributed by atoms with Crippen LogP contribution in [-0.4, -0.2) is 44.5 Å². The van der Waals surface area contributed by atoms with Crippen LogP contribution in [0.1, 0.15) is 24.8 Å². The zero-order valence-corrected chi connectivity index (χ0v) is 11.3. The highest BCUT2D eigenvalue weighted by atomic mass is 16.3. The average molecular weight is 264 g/mol. The van der Waals surface area contributed by atoms with Crippen molar-refractivity contribution in [2.45, 2.75) is 38.3 Å². The molecule has 1 aliphatic carbocycles. The Morgan fingerprint density at radius 1 is 1.47 bits per heavy atom. The molecular weight excluding hydrogens is 244 g/mol. The Labute approximate surface area is 112 Å². The summed E-state index contributed by atoms with van der Waals surface area (Å²) in [5, 5.41) is 17.1. The molecule has 1 aromatic rings. The number of fused-ring (bicyclic) bond motifs is 1. The van der Waals surface area contributed by atoms with Gasteiger partial charge in [-0.3, -0.25) is 10.00 Å². The van der Waals surface area contributed by atoms with Gasteiger partial charge in [0.05, 0.1) is 12.1 Å². The predicted octanol–water partition coefficient (Wildman–Crippen LogP) is 1.11. The minimum atomic E-state index is -0.372. The van der Waals surface area contributed by atoms with Crippen molar-refractivity contribution in [2.24, 2.45) is 13.0 Å². The molecule has 1 saturated carbocycles. The first kappa shape index (κ1) is 12.5. The van der Waals surface area contributed by atoms with Crippen LogP contribution < -0.4 is 5.32 Å². The summed E-state index contributed by atoms with van der Waals surface area (Å²) >= 11 is 0. The lowest BCUT2D eigenvalue weighted by atomic mass is 10.0. The number of amides is 2. The number of nitrogens with zero attached hydrogens (tertiary/aromatic N) is 3. The molecule has 2 amide bonds. The average Bonchev–Trinajstić information content (AvgIpc) is 2.98. The van der Waals surface area contributed by atoms with E-state index in [1.165, 1.54) is 0 Å². The van der Waals surface area contributed by atoms with E-state index in [9.17, 15) is 9.90 Å². The fourth-order valence-electron chi connectivity index (χ4n) is 3.41. The largest absolute Gasteiger partial charge is 0.391 e. The molecule has 0 spiro atoms. The summed E-state index contributed by atoms with van der Waals surface area (Å²) in [6, 6.07) is -0.153. The predicted molar refractivity (Wildman–Crippen MR) is 70.8 cm³/mol. The van der Waals surface area contributed by atoms with E-state index in [1.807, 2.05) is 20.2 Å². The van der Waals surface area contributed by atoms with E-state index in [1.54, 1.807) is 9.58 Å². The Bertz CT molecular complexity index is 499. The number of nitrogens with one attached hydrogen (secondary N) is 1. The monoisotopic (exact) mass is 264 g/mol. The van der Waals surface area contributed by atoms with E-state index in [2.05, 4.69) is 10.4 Å². The first-order valence-corrected chi connectivity index (χ1v) is 6.82. The zero-order valence-electron chi connectivity index (χ0n) is 11.3. The summed E-state index contributed by atoms with van der Waals surface area (Å²) in [4.78, 5) is 14.1. The van der Waals surface area contributed by atoms with Crippen molar-refractivity contribution in [3.63, 3.8) is 0 Å². The summed E-state index contributed by atoms with van der Waals surface area (Å²) in [6.07, 6.45) is 4.33. The second-order valence-electron chi connectivity index (χ2n) is 5.64. The SMILES string of the molecule is Cc1cn(C)nc1NC(=O)N1CC[C@@H]2CC[C@@H](O)[C@@H]21. The highest BCUT2D eigenvalue weighted by Crippen LogP contribution is 2.38. The molecule has 104 valence electrons. The van der Waals surface area contributed by atoms with Crippen LogP contribution >= 0.6 is 0 Å². The zero-order chi connectivity index (χ0) is 13.6. The van der Waals surface area contributed by atoms with Gasteiger partial charge in [0.1, 0.15) is 0 Å². The Hall–Kier alpha value is -1.56. The van der Waals surface area contributed by atoms with Gasteiger partial charge in [0, 0.05) is 25.4 Å². The highest BCUT2D eigenvalue weighted by molar-refractivity contribution is 5.89. The van der Waals surface area contributed by atoms with Gasteiger partial charge in [-0.25, -0.2) is 4.79 Å². The van der Waals surface area contributed by atoms with Crippen LogP contribution in [0.2, 0.25) is 0 Å². The first-order valence-electron chi connectivity index (χ1n) is 6.82. The van der Waals surface area contributed by atoms with Crippen molar-refractivity contribution in [3.8, 4) is 0 Å². The van der Waals surface area contributed by atoms with Gasteiger partial charge in [-0.05, 0) is 32.1 Å². The van der Waals surface area contributed by atoms with Gasteiger partial charge in [-0.15, -0.1) is 0 Å². The number of hydrogen-bond donors (Lipinski definition) is 2. The second-order valence-corrected chi connectivity index (χ2v) is 5.64. The third-order valence-corrected chi connectivity index (χ3v) is 4.31. The molecule has 19 heavy (non-hydrogen) atoms. The van der Waals surface area contributed by atoms with Crippen LogP contribution in [0, 0.1) is 12.8 Å².